The van der Waals surface area contributed by atoms with Gasteiger partial charge in [0.1, 0.15) is 6.61 Å². The van der Waals surface area contributed by atoms with E-state index in [0.717, 1.165) is 11.1 Å². The zero-order valence-corrected chi connectivity index (χ0v) is 12.2. The molecule has 2 rings (SSSR count). The maximum atomic E-state index is 12.0. The van der Waals surface area contributed by atoms with Crippen molar-refractivity contribution in [2.24, 2.45) is 0 Å². The van der Waals surface area contributed by atoms with Crippen LogP contribution in [0.4, 0.5) is 0 Å². The van der Waals surface area contributed by atoms with Gasteiger partial charge in [0, 0.05) is 5.41 Å². The largest absolute Gasteiger partial charge is 0.461 e. The number of benzene rings is 2. The van der Waals surface area contributed by atoms with Crippen molar-refractivity contribution >= 4 is 5.97 Å². The average molecular weight is 268 g/mol. The van der Waals surface area contributed by atoms with Crippen LogP contribution in [0.25, 0.3) is 0 Å². The molecule has 2 aromatic carbocycles. The normalized spacial score (nSPS) is 11.2. The number of carbonyl (C=O) groups is 1. The minimum Gasteiger partial charge on any atom is -0.461 e. The van der Waals surface area contributed by atoms with E-state index in [4.69, 9.17) is 4.74 Å². The van der Waals surface area contributed by atoms with Gasteiger partial charge < -0.3 is 4.74 Å². The zero-order valence-electron chi connectivity index (χ0n) is 12.2. The van der Waals surface area contributed by atoms with E-state index in [0.29, 0.717) is 12.2 Å². The van der Waals surface area contributed by atoms with Crippen LogP contribution in [-0.4, -0.2) is 12.6 Å². The van der Waals surface area contributed by atoms with Gasteiger partial charge in [-0.05, 0) is 24.6 Å². The van der Waals surface area contributed by atoms with E-state index in [2.05, 4.69) is 26.0 Å². The predicted octanol–water partition coefficient (Wildman–Crippen LogP) is 4.13. The number of ether oxygens (including phenoxy) is 1. The molecule has 0 bridgehead atoms. The molecule has 0 unspecified atom stereocenters. The van der Waals surface area contributed by atoms with E-state index in [1.807, 2.05) is 37.3 Å². The Morgan fingerprint density at radius 2 is 1.60 bits per heavy atom. The van der Waals surface area contributed by atoms with Crippen molar-refractivity contribution in [3.8, 4) is 0 Å². The van der Waals surface area contributed by atoms with Crippen molar-refractivity contribution in [1.29, 1.82) is 0 Å². The molecule has 2 heteroatoms. The highest BCUT2D eigenvalue weighted by Gasteiger charge is 2.22. The van der Waals surface area contributed by atoms with Gasteiger partial charge in [-0.2, -0.15) is 0 Å². The second-order valence-electron chi connectivity index (χ2n) is 5.69. The van der Waals surface area contributed by atoms with E-state index < -0.39 is 0 Å². The van der Waals surface area contributed by atoms with Crippen molar-refractivity contribution in [3.63, 3.8) is 0 Å². The number of hydrogen-bond donors (Lipinski definition) is 0. The number of aryl methyl sites for hydroxylation is 1. The highest BCUT2D eigenvalue weighted by molar-refractivity contribution is 5.89. The van der Waals surface area contributed by atoms with Crippen LogP contribution in [-0.2, 0) is 10.2 Å². The molecule has 20 heavy (non-hydrogen) atoms. The Labute approximate surface area is 120 Å². The van der Waals surface area contributed by atoms with Crippen LogP contribution in [0, 0.1) is 6.92 Å². The van der Waals surface area contributed by atoms with E-state index in [-0.39, 0.29) is 11.4 Å². The number of carbonyl (C=O) groups excluding carboxylic acids is 1. The smallest absolute Gasteiger partial charge is 0.338 e. The number of esters is 1. The maximum absolute atomic E-state index is 12.0. The predicted molar refractivity (Wildman–Crippen MR) is 80.9 cm³/mol. The van der Waals surface area contributed by atoms with Gasteiger partial charge in [0.15, 0.2) is 0 Å². The molecule has 0 radical (unpaired) electrons. The minimum atomic E-state index is -0.269. The summed E-state index contributed by atoms with van der Waals surface area (Å²) in [6, 6.07) is 17.5. The topological polar surface area (TPSA) is 26.3 Å². The first-order valence-electron chi connectivity index (χ1n) is 6.78. The van der Waals surface area contributed by atoms with E-state index in [1.165, 1.54) is 0 Å². The van der Waals surface area contributed by atoms with Gasteiger partial charge in [-0.3, -0.25) is 0 Å². The van der Waals surface area contributed by atoms with Crippen LogP contribution in [0.5, 0.6) is 0 Å². The molecule has 0 saturated carbocycles. The molecular formula is C18H20O2. The Bertz CT molecular complexity index is 568. The zero-order chi connectivity index (χ0) is 14.6. The van der Waals surface area contributed by atoms with Gasteiger partial charge >= 0.3 is 5.97 Å². The standard InChI is InChI=1S/C18H20O2/c1-14-9-11-15(12-10-14)17(19)20-13-18(2,3)16-7-5-4-6-8-16/h4-12H,13H2,1-3H3. The van der Waals surface area contributed by atoms with E-state index >= 15 is 0 Å². The first-order valence-corrected chi connectivity index (χ1v) is 6.78. The third kappa shape index (κ3) is 3.47. The maximum Gasteiger partial charge on any atom is 0.338 e. The van der Waals surface area contributed by atoms with Crippen molar-refractivity contribution in [2.45, 2.75) is 26.2 Å². The Kier molecular flexibility index (Phi) is 4.23. The Morgan fingerprint density at radius 1 is 1.00 bits per heavy atom. The molecule has 0 aliphatic heterocycles. The molecule has 0 saturated heterocycles. The van der Waals surface area contributed by atoms with Gasteiger partial charge in [0.2, 0.25) is 0 Å². The molecule has 2 nitrogen and oxygen atoms in total. The first-order chi connectivity index (χ1) is 9.49. The van der Waals surface area contributed by atoms with Crippen LogP contribution in [0.3, 0.4) is 0 Å². The van der Waals surface area contributed by atoms with Gasteiger partial charge in [0.25, 0.3) is 0 Å². The summed E-state index contributed by atoms with van der Waals surface area (Å²) in [6.45, 7) is 6.51. The molecule has 0 amide bonds. The SMILES string of the molecule is Cc1ccc(C(=O)OCC(C)(C)c2ccccc2)cc1. The molecule has 0 aliphatic carbocycles. The summed E-state index contributed by atoms with van der Waals surface area (Å²) in [5.41, 5.74) is 2.70. The molecule has 2 aromatic rings. The molecule has 0 N–H and O–H groups in total. The summed E-state index contributed by atoms with van der Waals surface area (Å²) in [7, 11) is 0. The second kappa shape index (κ2) is 5.91. The highest BCUT2D eigenvalue weighted by Crippen LogP contribution is 2.23. The lowest BCUT2D eigenvalue weighted by atomic mass is 9.86. The second-order valence-corrected chi connectivity index (χ2v) is 5.69. The average Bonchev–Trinajstić information content (AvgIpc) is 2.46. The fourth-order valence-corrected chi connectivity index (χ4v) is 1.99. The molecule has 0 heterocycles. The quantitative estimate of drug-likeness (QED) is 0.779. The van der Waals surface area contributed by atoms with Gasteiger partial charge in [0.05, 0.1) is 5.56 Å². The van der Waals surface area contributed by atoms with Crippen molar-refractivity contribution in [3.05, 3.63) is 71.3 Å². The van der Waals surface area contributed by atoms with Crippen LogP contribution in [0.2, 0.25) is 0 Å². The fourth-order valence-electron chi connectivity index (χ4n) is 1.99. The number of hydrogen-bond acceptors (Lipinski definition) is 2. The lowest BCUT2D eigenvalue weighted by Gasteiger charge is -2.24. The van der Waals surface area contributed by atoms with Crippen LogP contribution in [0.1, 0.15) is 35.3 Å². The summed E-state index contributed by atoms with van der Waals surface area (Å²) < 4.78 is 5.45. The Hall–Kier alpha value is -2.09. The van der Waals surface area contributed by atoms with Gasteiger partial charge in [-0.15, -0.1) is 0 Å². The summed E-state index contributed by atoms with van der Waals surface area (Å²) in [5, 5.41) is 0. The van der Waals surface area contributed by atoms with Crippen LogP contribution >= 0.6 is 0 Å². The van der Waals surface area contributed by atoms with Crippen LogP contribution < -0.4 is 0 Å². The molecule has 0 aromatic heterocycles. The van der Waals surface area contributed by atoms with Gasteiger partial charge in [-0.25, -0.2) is 4.79 Å². The van der Waals surface area contributed by atoms with Crippen molar-refractivity contribution < 1.29 is 9.53 Å². The van der Waals surface area contributed by atoms with E-state index in [1.54, 1.807) is 12.1 Å². The summed E-state index contributed by atoms with van der Waals surface area (Å²) >= 11 is 0. The lowest BCUT2D eigenvalue weighted by Crippen LogP contribution is -2.26. The summed E-state index contributed by atoms with van der Waals surface area (Å²) in [5.74, 6) is -0.269. The van der Waals surface area contributed by atoms with Gasteiger partial charge in [-0.1, -0.05) is 61.9 Å². The van der Waals surface area contributed by atoms with Crippen molar-refractivity contribution in [1.82, 2.24) is 0 Å². The summed E-state index contributed by atoms with van der Waals surface area (Å²) in [4.78, 5) is 12.0. The minimum absolute atomic E-state index is 0.193. The number of rotatable bonds is 4. The molecule has 0 aliphatic rings. The van der Waals surface area contributed by atoms with E-state index in [9.17, 15) is 4.79 Å². The Balaban J connectivity index is 2.01. The Morgan fingerprint density at radius 3 is 2.20 bits per heavy atom. The molecule has 0 spiro atoms. The molecular weight excluding hydrogens is 248 g/mol. The van der Waals surface area contributed by atoms with Crippen molar-refractivity contribution in [2.75, 3.05) is 6.61 Å². The molecule has 0 fully saturated rings. The lowest BCUT2D eigenvalue weighted by molar-refractivity contribution is 0.0427. The highest BCUT2D eigenvalue weighted by atomic mass is 16.5. The third-order valence-electron chi connectivity index (χ3n) is 3.41. The third-order valence-corrected chi connectivity index (χ3v) is 3.41. The fraction of sp³-hybridized carbons (Fsp3) is 0.278. The monoisotopic (exact) mass is 268 g/mol. The molecule has 104 valence electrons. The first kappa shape index (κ1) is 14.3. The molecule has 0 atom stereocenters. The summed E-state index contributed by atoms with van der Waals surface area (Å²) in [6.07, 6.45) is 0. The van der Waals surface area contributed by atoms with Crippen LogP contribution in [0.15, 0.2) is 54.6 Å².